The Bertz CT molecular complexity index is 1250. The molecule has 1 saturated carbocycles. The van der Waals surface area contributed by atoms with Crippen molar-refractivity contribution in [3.8, 4) is 0 Å². The van der Waals surface area contributed by atoms with Crippen LogP contribution in [0.2, 0.25) is 20.1 Å². The molecule has 3 aromatic carbocycles. The molecule has 2 amide bonds. The van der Waals surface area contributed by atoms with Gasteiger partial charge in [-0.3, -0.25) is 9.59 Å². The van der Waals surface area contributed by atoms with Gasteiger partial charge in [0.2, 0.25) is 11.8 Å². The van der Waals surface area contributed by atoms with Gasteiger partial charge in [-0.25, -0.2) is 0 Å². The molecule has 0 aromatic heterocycles. The summed E-state index contributed by atoms with van der Waals surface area (Å²) in [5.74, 6) is -0.408. The Morgan fingerprint density at radius 3 is 2.03 bits per heavy atom. The first-order chi connectivity index (χ1) is 17.8. The van der Waals surface area contributed by atoms with Gasteiger partial charge in [0, 0.05) is 39.1 Å². The van der Waals surface area contributed by atoms with E-state index in [4.69, 9.17) is 46.4 Å². The van der Waals surface area contributed by atoms with Gasteiger partial charge in [-0.2, -0.15) is 0 Å². The molecule has 3 aromatic rings. The van der Waals surface area contributed by atoms with Crippen LogP contribution in [0.3, 0.4) is 0 Å². The molecule has 0 saturated heterocycles. The lowest BCUT2D eigenvalue weighted by atomic mass is 10.0. The zero-order chi connectivity index (χ0) is 26.4. The van der Waals surface area contributed by atoms with Gasteiger partial charge in [0.15, 0.2) is 0 Å². The van der Waals surface area contributed by atoms with Gasteiger partial charge in [0.25, 0.3) is 0 Å². The van der Waals surface area contributed by atoms with Gasteiger partial charge in [0.05, 0.1) is 6.42 Å². The van der Waals surface area contributed by atoms with Crippen LogP contribution in [0.25, 0.3) is 0 Å². The van der Waals surface area contributed by atoms with Crippen LogP contribution in [0.4, 0.5) is 0 Å². The van der Waals surface area contributed by atoms with Crippen LogP contribution < -0.4 is 5.32 Å². The zero-order valence-corrected chi connectivity index (χ0v) is 23.3. The summed E-state index contributed by atoms with van der Waals surface area (Å²) < 4.78 is 0. The number of amides is 2. The zero-order valence-electron chi connectivity index (χ0n) is 20.2. The van der Waals surface area contributed by atoms with Crippen LogP contribution >= 0.6 is 46.4 Å². The topological polar surface area (TPSA) is 49.4 Å². The number of rotatable bonds is 9. The van der Waals surface area contributed by atoms with E-state index in [0.717, 1.165) is 31.2 Å². The molecule has 4 rings (SSSR count). The van der Waals surface area contributed by atoms with E-state index in [9.17, 15) is 9.59 Å². The summed E-state index contributed by atoms with van der Waals surface area (Å²) in [6, 6.07) is 19.3. The molecule has 0 bridgehead atoms. The van der Waals surface area contributed by atoms with Crippen molar-refractivity contribution in [3.63, 3.8) is 0 Å². The average molecular weight is 578 g/mol. The lowest BCUT2D eigenvalue weighted by molar-refractivity contribution is -0.141. The molecule has 1 fully saturated rings. The summed E-state index contributed by atoms with van der Waals surface area (Å²) in [6.45, 7) is 0.148. The first-order valence-electron chi connectivity index (χ1n) is 12.3. The molecule has 0 aliphatic heterocycles. The van der Waals surface area contributed by atoms with Crippen LogP contribution in [0, 0.1) is 0 Å². The Balaban J connectivity index is 1.69. The minimum Gasteiger partial charge on any atom is -0.352 e. The molecule has 4 nitrogen and oxygen atoms in total. The van der Waals surface area contributed by atoms with Crippen LogP contribution in [0.15, 0.2) is 66.7 Å². The Hall–Kier alpha value is -2.24. The van der Waals surface area contributed by atoms with E-state index < -0.39 is 6.04 Å². The van der Waals surface area contributed by atoms with Gasteiger partial charge in [-0.1, -0.05) is 102 Å². The fourth-order valence-corrected chi connectivity index (χ4v) is 5.63. The first kappa shape index (κ1) is 27.8. The number of benzene rings is 3. The Morgan fingerprint density at radius 2 is 1.43 bits per heavy atom. The van der Waals surface area contributed by atoms with E-state index in [1.54, 1.807) is 41.3 Å². The molecule has 1 aliphatic rings. The lowest BCUT2D eigenvalue weighted by Crippen LogP contribution is -2.52. The molecule has 1 N–H and O–H groups in total. The van der Waals surface area contributed by atoms with Crippen LogP contribution in [-0.2, 0) is 29.0 Å². The standard InChI is InChI=1S/C29H28Cl4N2O2/c30-22-12-10-20(25(32)16-22)15-28(36)35(18-21-11-13-23(31)17-26(21)33)27(14-19-6-2-1-3-7-19)29(37)34-24-8-4-5-9-24/h1-3,6-7,10-13,16-17,24,27H,4-5,8-9,14-15,18H2,(H,34,37)/t27-/m1/s1. The molecule has 0 heterocycles. The van der Waals surface area contributed by atoms with Crippen LogP contribution in [0.5, 0.6) is 0 Å². The SMILES string of the molecule is O=C(NC1CCCC1)[C@@H](Cc1ccccc1)N(Cc1ccc(Cl)cc1Cl)C(=O)Cc1ccc(Cl)cc1Cl. The smallest absolute Gasteiger partial charge is 0.243 e. The number of carbonyl (C=O) groups excluding carboxylic acids is 2. The monoisotopic (exact) mass is 576 g/mol. The highest BCUT2D eigenvalue weighted by Crippen LogP contribution is 2.27. The maximum atomic E-state index is 13.9. The number of carbonyl (C=O) groups is 2. The van der Waals surface area contributed by atoms with E-state index in [1.807, 2.05) is 30.3 Å². The van der Waals surface area contributed by atoms with Crippen molar-refractivity contribution in [2.45, 2.75) is 57.2 Å². The highest BCUT2D eigenvalue weighted by molar-refractivity contribution is 6.35. The maximum absolute atomic E-state index is 13.9. The molecule has 8 heteroatoms. The van der Waals surface area contributed by atoms with E-state index in [-0.39, 0.29) is 30.8 Å². The molecular weight excluding hydrogens is 550 g/mol. The highest BCUT2D eigenvalue weighted by atomic mass is 35.5. The summed E-state index contributed by atoms with van der Waals surface area (Å²) in [7, 11) is 0. The third kappa shape index (κ3) is 7.64. The first-order valence-corrected chi connectivity index (χ1v) is 13.8. The average Bonchev–Trinajstić information content (AvgIpc) is 3.38. The van der Waals surface area contributed by atoms with E-state index >= 15 is 0 Å². The van der Waals surface area contributed by atoms with Crippen molar-refractivity contribution in [2.75, 3.05) is 0 Å². The third-order valence-corrected chi connectivity index (χ3v) is 7.86. The van der Waals surface area contributed by atoms with E-state index in [2.05, 4.69) is 5.32 Å². The third-order valence-electron chi connectivity index (χ3n) is 6.69. The number of nitrogens with zero attached hydrogens (tertiary/aromatic N) is 1. The second-order valence-corrected chi connectivity index (χ2v) is 11.1. The number of halogens is 4. The quantitative estimate of drug-likeness (QED) is 0.285. The lowest BCUT2D eigenvalue weighted by Gasteiger charge is -2.33. The van der Waals surface area contributed by atoms with Gasteiger partial charge in [0.1, 0.15) is 6.04 Å². The van der Waals surface area contributed by atoms with Crippen molar-refractivity contribution in [1.82, 2.24) is 10.2 Å². The van der Waals surface area contributed by atoms with Crippen LogP contribution in [0.1, 0.15) is 42.4 Å². The molecule has 37 heavy (non-hydrogen) atoms. The molecule has 1 aliphatic carbocycles. The number of hydrogen-bond donors (Lipinski definition) is 1. The molecular formula is C29H28Cl4N2O2. The molecule has 194 valence electrons. The number of hydrogen-bond acceptors (Lipinski definition) is 2. The second kappa shape index (κ2) is 13.0. The van der Waals surface area contributed by atoms with Crippen molar-refractivity contribution < 1.29 is 9.59 Å². The number of nitrogens with one attached hydrogen (secondary N) is 1. The van der Waals surface area contributed by atoms with Crippen molar-refractivity contribution in [2.24, 2.45) is 0 Å². The molecule has 0 radical (unpaired) electrons. The minimum absolute atomic E-state index is 0.0171. The summed E-state index contributed by atoms with van der Waals surface area (Å²) in [5.41, 5.74) is 2.30. The van der Waals surface area contributed by atoms with Crippen molar-refractivity contribution in [1.29, 1.82) is 0 Å². The normalized spacial score (nSPS) is 14.4. The molecule has 0 unspecified atom stereocenters. The van der Waals surface area contributed by atoms with Crippen molar-refractivity contribution >= 4 is 58.2 Å². The maximum Gasteiger partial charge on any atom is 0.243 e. The van der Waals surface area contributed by atoms with Gasteiger partial charge < -0.3 is 10.2 Å². The minimum atomic E-state index is -0.742. The second-order valence-electron chi connectivity index (χ2n) is 9.37. The summed E-state index contributed by atoms with van der Waals surface area (Å²) in [4.78, 5) is 29.2. The van der Waals surface area contributed by atoms with Gasteiger partial charge in [-0.05, 0) is 53.8 Å². The Labute approximate surface area is 237 Å². The largest absolute Gasteiger partial charge is 0.352 e. The van der Waals surface area contributed by atoms with Crippen molar-refractivity contribution in [3.05, 3.63) is 104 Å². The molecule has 0 spiro atoms. The molecule has 1 atom stereocenters. The van der Waals surface area contributed by atoms with Gasteiger partial charge >= 0.3 is 0 Å². The summed E-state index contributed by atoms with van der Waals surface area (Å²) in [6.07, 6.45) is 4.45. The van der Waals surface area contributed by atoms with Crippen LogP contribution in [-0.4, -0.2) is 28.8 Å². The van der Waals surface area contributed by atoms with E-state index in [1.165, 1.54) is 0 Å². The van der Waals surface area contributed by atoms with Gasteiger partial charge in [-0.15, -0.1) is 0 Å². The van der Waals surface area contributed by atoms with E-state index in [0.29, 0.717) is 37.6 Å². The summed E-state index contributed by atoms with van der Waals surface area (Å²) in [5, 5.41) is 5.02. The Kier molecular flexibility index (Phi) is 9.77. The fraction of sp³-hybridized carbons (Fsp3) is 0.310. The highest BCUT2D eigenvalue weighted by Gasteiger charge is 2.32. The predicted octanol–water partition coefficient (Wildman–Crippen LogP) is 7.54. The fourth-order valence-electron chi connectivity index (χ4n) is 4.68. The Morgan fingerprint density at radius 1 is 0.838 bits per heavy atom. The predicted molar refractivity (Wildman–Crippen MR) is 152 cm³/mol. The summed E-state index contributed by atoms with van der Waals surface area (Å²) >= 11 is 25.1.